The zero-order valence-electron chi connectivity index (χ0n) is 11.8. The molecule has 0 aliphatic carbocycles. The Bertz CT molecular complexity index is 597. The molecule has 0 radical (unpaired) electrons. The van der Waals surface area contributed by atoms with Crippen LogP contribution in [0.15, 0.2) is 48.5 Å². The zero-order valence-corrected chi connectivity index (χ0v) is 11.8. The number of carbonyl (C=O) groups is 1. The van der Waals surface area contributed by atoms with Gasteiger partial charge in [0.05, 0.1) is 7.11 Å². The molecule has 0 saturated carbocycles. The molecular weight excluding hydrogens is 271 g/mol. The van der Waals surface area contributed by atoms with Crippen LogP contribution >= 0.6 is 0 Å². The normalized spacial score (nSPS) is 10.2. The maximum atomic E-state index is 13.0. The number of methoxy groups -OCH3 is 1. The summed E-state index contributed by atoms with van der Waals surface area (Å²) < 4.78 is 18.1. The van der Waals surface area contributed by atoms with E-state index in [0.717, 1.165) is 0 Å². The molecule has 2 rings (SSSR count). The molecule has 0 bridgehead atoms. The molecule has 0 spiro atoms. The lowest BCUT2D eigenvalue weighted by atomic mass is 10.1. The van der Waals surface area contributed by atoms with E-state index in [-0.39, 0.29) is 11.7 Å². The molecule has 0 aromatic heterocycles. The first kappa shape index (κ1) is 15.0. The van der Waals surface area contributed by atoms with E-state index in [4.69, 9.17) is 10.5 Å². The van der Waals surface area contributed by atoms with Gasteiger partial charge >= 0.3 is 0 Å². The minimum absolute atomic E-state index is 0.185. The van der Waals surface area contributed by atoms with Gasteiger partial charge < -0.3 is 15.4 Å². The van der Waals surface area contributed by atoms with E-state index >= 15 is 0 Å². The summed E-state index contributed by atoms with van der Waals surface area (Å²) in [4.78, 5) is 14.1. The van der Waals surface area contributed by atoms with Crippen molar-refractivity contribution < 1.29 is 13.9 Å². The Labute approximate surface area is 122 Å². The summed E-state index contributed by atoms with van der Waals surface area (Å²) in [5, 5.41) is 0. The summed E-state index contributed by atoms with van der Waals surface area (Å²) in [5.74, 6) is 0.150. The van der Waals surface area contributed by atoms with Crippen molar-refractivity contribution in [3.05, 3.63) is 59.9 Å². The number of benzene rings is 2. The van der Waals surface area contributed by atoms with Crippen molar-refractivity contribution in [2.45, 2.75) is 0 Å². The van der Waals surface area contributed by atoms with E-state index in [1.54, 1.807) is 43.5 Å². The number of nitrogens with two attached hydrogens (primary N) is 1. The topological polar surface area (TPSA) is 55.6 Å². The first-order valence-electron chi connectivity index (χ1n) is 6.57. The Morgan fingerprint density at radius 3 is 2.29 bits per heavy atom. The van der Waals surface area contributed by atoms with Crippen molar-refractivity contribution >= 4 is 11.6 Å². The summed E-state index contributed by atoms with van der Waals surface area (Å²) in [5.41, 5.74) is 6.71. The van der Waals surface area contributed by atoms with Gasteiger partial charge in [-0.15, -0.1) is 0 Å². The predicted octanol–water partition coefficient (Wildman–Crippen LogP) is 2.44. The molecule has 21 heavy (non-hydrogen) atoms. The second kappa shape index (κ2) is 6.85. The minimum atomic E-state index is -0.344. The SMILES string of the molecule is COc1ccc(C(=O)N(CCN)c2ccc(F)cc2)cc1. The fraction of sp³-hybridized carbons (Fsp3) is 0.188. The maximum Gasteiger partial charge on any atom is 0.258 e. The molecule has 2 aromatic rings. The lowest BCUT2D eigenvalue weighted by molar-refractivity contribution is 0.0987. The van der Waals surface area contributed by atoms with Gasteiger partial charge in [-0.1, -0.05) is 0 Å². The molecule has 0 heterocycles. The smallest absolute Gasteiger partial charge is 0.258 e. The molecule has 2 aromatic carbocycles. The van der Waals surface area contributed by atoms with E-state index in [1.807, 2.05) is 0 Å². The van der Waals surface area contributed by atoms with Crippen molar-refractivity contribution in [3.8, 4) is 5.75 Å². The number of anilines is 1. The highest BCUT2D eigenvalue weighted by atomic mass is 19.1. The lowest BCUT2D eigenvalue weighted by Gasteiger charge is -2.22. The minimum Gasteiger partial charge on any atom is -0.497 e. The number of rotatable bonds is 5. The van der Waals surface area contributed by atoms with Crippen LogP contribution in [-0.4, -0.2) is 26.1 Å². The van der Waals surface area contributed by atoms with Gasteiger partial charge in [0.15, 0.2) is 0 Å². The second-order valence-corrected chi connectivity index (χ2v) is 4.45. The van der Waals surface area contributed by atoms with Crippen LogP contribution in [0, 0.1) is 5.82 Å². The third kappa shape index (κ3) is 3.58. The van der Waals surface area contributed by atoms with E-state index in [9.17, 15) is 9.18 Å². The van der Waals surface area contributed by atoms with Crippen LogP contribution in [0.3, 0.4) is 0 Å². The summed E-state index contributed by atoms with van der Waals surface area (Å²) in [6.45, 7) is 0.676. The maximum absolute atomic E-state index is 13.0. The van der Waals surface area contributed by atoms with Crippen LogP contribution < -0.4 is 15.4 Å². The first-order valence-corrected chi connectivity index (χ1v) is 6.57. The average molecular weight is 288 g/mol. The number of hydrogen-bond acceptors (Lipinski definition) is 3. The summed E-state index contributed by atoms with van der Waals surface area (Å²) in [7, 11) is 1.57. The molecule has 1 amide bonds. The van der Waals surface area contributed by atoms with Crippen LogP contribution in [0.4, 0.5) is 10.1 Å². The van der Waals surface area contributed by atoms with Crippen molar-refractivity contribution in [1.29, 1.82) is 0 Å². The predicted molar refractivity (Wildman–Crippen MR) is 80.1 cm³/mol. The van der Waals surface area contributed by atoms with Crippen molar-refractivity contribution in [1.82, 2.24) is 0 Å². The van der Waals surface area contributed by atoms with Crippen molar-refractivity contribution in [2.24, 2.45) is 5.73 Å². The summed E-state index contributed by atoms with van der Waals surface area (Å²) in [6.07, 6.45) is 0. The van der Waals surface area contributed by atoms with Crippen molar-refractivity contribution in [2.75, 3.05) is 25.1 Å². The van der Waals surface area contributed by atoms with Gasteiger partial charge in [-0.3, -0.25) is 4.79 Å². The first-order chi connectivity index (χ1) is 10.2. The molecule has 0 atom stereocenters. The van der Waals surface area contributed by atoms with Crippen LogP contribution in [0.5, 0.6) is 5.75 Å². The van der Waals surface area contributed by atoms with Gasteiger partial charge in [-0.05, 0) is 48.5 Å². The summed E-state index contributed by atoms with van der Waals surface area (Å²) in [6, 6.07) is 12.6. The van der Waals surface area contributed by atoms with Gasteiger partial charge in [-0.2, -0.15) is 0 Å². The Hall–Kier alpha value is -2.40. The van der Waals surface area contributed by atoms with Crippen LogP contribution in [0.25, 0.3) is 0 Å². The Balaban J connectivity index is 2.27. The fourth-order valence-electron chi connectivity index (χ4n) is 1.99. The third-order valence-corrected chi connectivity index (χ3v) is 3.07. The van der Waals surface area contributed by atoms with Gasteiger partial charge in [0.2, 0.25) is 0 Å². The highest BCUT2D eigenvalue weighted by Crippen LogP contribution is 2.19. The molecule has 0 saturated heterocycles. The van der Waals surface area contributed by atoms with Gasteiger partial charge in [0, 0.05) is 24.3 Å². The summed E-state index contributed by atoms with van der Waals surface area (Å²) >= 11 is 0. The monoisotopic (exact) mass is 288 g/mol. The standard InChI is InChI=1S/C16H17FN2O2/c1-21-15-8-2-12(3-9-15)16(20)19(11-10-18)14-6-4-13(17)5-7-14/h2-9H,10-11,18H2,1H3. The van der Waals surface area contributed by atoms with Crippen LogP contribution in [-0.2, 0) is 0 Å². The Morgan fingerprint density at radius 2 is 1.76 bits per heavy atom. The largest absolute Gasteiger partial charge is 0.497 e. The van der Waals surface area contributed by atoms with Crippen molar-refractivity contribution in [3.63, 3.8) is 0 Å². The van der Waals surface area contributed by atoms with Gasteiger partial charge in [-0.25, -0.2) is 4.39 Å². The van der Waals surface area contributed by atoms with E-state index in [0.29, 0.717) is 30.1 Å². The quantitative estimate of drug-likeness (QED) is 0.919. The molecule has 4 nitrogen and oxygen atoms in total. The third-order valence-electron chi connectivity index (χ3n) is 3.07. The van der Waals surface area contributed by atoms with Crippen LogP contribution in [0.1, 0.15) is 10.4 Å². The molecule has 2 N–H and O–H groups in total. The number of carbonyl (C=O) groups excluding carboxylic acids is 1. The number of hydrogen-bond donors (Lipinski definition) is 1. The highest BCUT2D eigenvalue weighted by Gasteiger charge is 2.17. The van der Waals surface area contributed by atoms with Gasteiger partial charge in [0.1, 0.15) is 11.6 Å². The zero-order chi connectivity index (χ0) is 15.2. The van der Waals surface area contributed by atoms with E-state index < -0.39 is 0 Å². The molecular formula is C16H17FN2O2. The van der Waals surface area contributed by atoms with Gasteiger partial charge in [0.25, 0.3) is 5.91 Å². The van der Waals surface area contributed by atoms with E-state index in [2.05, 4.69) is 0 Å². The average Bonchev–Trinajstić information content (AvgIpc) is 2.53. The van der Waals surface area contributed by atoms with Crippen LogP contribution in [0.2, 0.25) is 0 Å². The fourth-order valence-corrected chi connectivity index (χ4v) is 1.99. The second-order valence-electron chi connectivity index (χ2n) is 4.45. The molecule has 110 valence electrons. The highest BCUT2D eigenvalue weighted by molar-refractivity contribution is 6.06. The molecule has 0 fully saturated rings. The molecule has 5 heteroatoms. The number of amides is 1. The molecule has 0 aliphatic rings. The number of ether oxygens (including phenoxy) is 1. The molecule has 0 aliphatic heterocycles. The lowest BCUT2D eigenvalue weighted by Crippen LogP contribution is -2.35. The van der Waals surface area contributed by atoms with E-state index in [1.165, 1.54) is 17.0 Å². The molecule has 0 unspecified atom stereocenters. The number of nitrogens with zero attached hydrogens (tertiary/aromatic N) is 1. The Morgan fingerprint density at radius 1 is 1.14 bits per heavy atom. The Kier molecular flexibility index (Phi) is 4.90. The number of halogens is 1.